The summed E-state index contributed by atoms with van der Waals surface area (Å²) in [6, 6.07) is 14.7. The molecule has 0 unspecified atom stereocenters. The zero-order valence-electron chi connectivity index (χ0n) is 17.3. The zero-order chi connectivity index (χ0) is 21.7. The standard InChI is InChI=1S/C23H24N2O3S2/c1-4-5-14-28-22(27)17-8-12-19(13-9-17)25-21(26)20(30-23(25)29)15-16-6-10-18(11-7-16)24(2)3/h6-13,15H,4-5,14H2,1-3H3/b20-15-. The van der Waals surface area contributed by atoms with Crippen molar-refractivity contribution in [2.24, 2.45) is 0 Å². The Morgan fingerprint density at radius 1 is 1.13 bits per heavy atom. The molecule has 0 N–H and O–H groups in total. The van der Waals surface area contributed by atoms with Gasteiger partial charge in [0.05, 0.1) is 22.8 Å². The van der Waals surface area contributed by atoms with E-state index in [1.54, 1.807) is 24.3 Å². The predicted molar refractivity (Wildman–Crippen MR) is 128 cm³/mol. The highest BCUT2D eigenvalue weighted by molar-refractivity contribution is 8.27. The van der Waals surface area contributed by atoms with Gasteiger partial charge in [-0.05, 0) is 54.5 Å². The van der Waals surface area contributed by atoms with E-state index < -0.39 is 0 Å². The van der Waals surface area contributed by atoms with Crippen LogP contribution in [-0.2, 0) is 9.53 Å². The van der Waals surface area contributed by atoms with Gasteiger partial charge in [-0.1, -0.05) is 49.5 Å². The van der Waals surface area contributed by atoms with Gasteiger partial charge in [-0.15, -0.1) is 0 Å². The highest BCUT2D eigenvalue weighted by Crippen LogP contribution is 2.36. The van der Waals surface area contributed by atoms with Crippen molar-refractivity contribution in [1.29, 1.82) is 0 Å². The van der Waals surface area contributed by atoms with Crippen LogP contribution in [0.1, 0.15) is 35.7 Å². The number of hydrogen-bond acceptors (Lipinski definition) is 6. The first-order valence-electron chi connectivity index (χ1n) is 9.73. The van der Waals surface area contributed by atoms with Crippen LogP contribution in [-0.4, -0.2) is 36.9 Å². The Hall–Kier alpha value is -2.64. The van der Waals surface area contributed by atoms with Crippen LogP contribution < -0.4 is 9.80 Å². The third-order valence-electron chi connectivity index (χ3n) is 4.59. The molecule has 0 aromatic heterocycles. The van der Waals surface area contributed by atoms with E-state index in [4.69, 9.17) is 17.0 Å². The van der Waals surface area contributed by atoms with Gasteiger partial charge in [0.15, 0.2) is 4.32 Å². The smallest absolute Gasteiger partial charge is 0.338 e. The van der Waals surface area contributed by atoms with Crippen molar-refractivity contribution >= 4 is 57.6 Å². The topological polar surface area (TPSA) is 49.9 Å². The van der Waals surface area contributed by atoms with Crippen LogP contribution in [0.2, 0.25) is 0 Å². The molecule has 1 amide bonds. The summed E-state index contributed by atoms with van der Waals surface area (Å²) in [5.41, 5.74) is 3.12. The number of unbranched alkanes of at least 4 members (excludes halogenated alkanes) is 1. The minimum atomic E-state index is -0.360. The Morgan fingerprint density at radius 3 is 2.40 bits per heavy atom. The highest BCUT2D eigenvalue weighted by atomic mass is 32.2. The van der Waals surface area contributed by atoms with Gasteiger partial charge in [0.2, 0.25) is 0 Å². The van der Waals surface area contributed by atoms with Crippen molar-refractivity contribution in [2.75, 3.05) is 30.5 Å². The summed E-state index contributed by atoms with van der Waals surface area (Å²) in [6.45, 7) is 2.45. The molecular formula is C23H24N2O3S2. The number of anilines is 2. The van der Waals surface area contributed by atoms with Crippen LogP contribution in [0.5, 0.6) is 0 Å². The van der Waals surface area contributed by atoms with Gasteiger partial charge < -0.3 is 9.64 Å². The summed E-state index contributed by atoms with van der Waals surface area (Å²) in [5, 5.41) is 0. The highest BCUT2D eigenvalue weighted by Gasteiger charge is 2.33. The summed E-state index contributed by atoms with van der Waals surface area (Å²) in [5.74, 6) is -0.526. The van der Waals surface area contributed by atoms with Crippen LogP contribution in [0.3, 0.4) is 0 Å². The van der Waals surface area contributed by atoms with Crippen LogP contribution in [0, 0.1) is 0 Å². The Kier molecular flexibility index (Phi) is 7.29. The summed E-state index contributed by atoms with van der Waals surface area (Å²) in [7, 11) is 3.96. The summed E-state index contributed by atoms with van der Waals surface area (Å²) in [4.78, 5) is 29.1. The number of thiocarbonyl (C=S) groups is 1. The van der Waals surface area contributed by atoms with Crippen LogP contribution in [0.4, 0.5) is 11.4 Å². The SMILES string of the molecule is CCCCOC(=O)c1ccc(N2C(=O)/C(=C/c3ccc(N(C)C)cc3)SC2=S)cc1. The average Bonchev–Trinajstić information content (AvgIpc) is 3.01. The third kappa shape index (κ3) is 5.09. The summed E-state index contributed by atoms with van der Waals surface area (Å²) >= 11 is 6.70. The van der Waals surface area contributed by atoms with E-state index in [0.717, 1.165) is 24.1 Å². The fourth-order valence-electron chi connectivity index (χ4n) is 2.85. The number of carbonyl (C=O) groups excluding carboxylic acids is 2. The lowest BCUT2D eigenvalue weighted by molar-refractivity contribution is -0.113. The van der Waals surface area contributed by atoms with E-state index in [-0.39, 0.29) is 11.9 Å². The molecule has 2 aromatic rings. The number of ether oxygens (including phenoxy) is 1. The monoisotopic (exact) mass is 440 g/mol. The summed E-state index contributed by atoms with van der Waals surface area (Å²) in [6.07, 6.45) is 3.65. The number of rotatable bonds is 7. The molecular weight excluding hydrogens is 416 g/mol. The molecule has 156 valence electrons. The normalized spacial score (nSPS) is 15.0. The Balaban J connectivity index is 1.73. The first-order valence-corrected chi connectivity index (χ1v) is 11.0. The minimum absolute atomic E-state index is 0.167. The molecule has 30 heavy (non-hydrogen) atoms. The average molecular weight is 441 g/mol. The van der Waals surface area contributed by atoms with Crippen LogP contribution in [0.15, 0.2) is 53.4 Å². The van der Waals surface area contributed by atoms with Crippen molar-refractivity contribution in [3.8, 4) is 0 Å². The second kappa shape index (κ2) is 9.91. The van der Waals surface area contributed by atoms with Gasteiger partial charge in [0, 0.05) is 19.8 Å². The van der Waals surface area contributed by atoms with Gasteiger partial charge in [-0.25, -0.2) is 4.79 Å². The quantitative estimate of drug-likeness (QED) is 0.258. The second-order valence-electron chi connectivity index (χ2n) is 7.04. The van der Waals surface area contributed by atoms with Gasteiger partial charge in [0.1, 0.15) is 0 Å². The lowest BCUT2D eigenvalue weighted by Gasteiger charge is -2.15. The molecule has 0 aliphatic carbocycles. The van der Waals surface area contributed by atoms with Crippen molar-refractivity contribution in [3.63, 3.8) is 0 Å². The molecule has 0 atom stereocenters. The second-order valence-corrected chi connectivity index (χ2v) is 8.72. The minimum Gasteiger partial charge on any atom is -0.462 e. The molecule has 0 radical (unpaired) electrons. The van der Waals surface area contributed by atoms with Crippen molar-refractivity contribution in [1.82, 2.24) is 0 Å². The molecule has 1 aliphatic rings. The van der Waals surface area contributed by atoms with Crippen LogP contribution in [0.25, 0.3) is 6.08 Å². The molecule has 1 saturated heterocycles. The first kappa shape index (κ1) is 22.1. The molecule has 0 bridgehead atoms. The number of carbonyl (C=O) groups is 2. The summed E-state index contributed by atoms with van der Waals surface area (Å²) < 4.78 is 5.69. The van der Waals surface area contributed by atoms with Gasteiger partial charge >= 0.3 is 5.97 Å². The molecule has 1 fully saturated rings. The van der Waals surface area contributed by atoms with Crippen LogP contribution >= 0.6 is 24.0 Å². The maximum Gasteiger partial charge on any atom is 0.338 e. The molecule has 7 heteroatoms. The molecule has 5 nitrogen and oxygen atoms in total. The van der Waals surface area contributed by atoms with E-state index in [1.807, 2.05) is 56.3 Å². The number of esters is 1. The number of nitrogens with zero attached hydrogens (tertiary/aromatic N) is 2. The fourth-order valence-corrected chi connectivity index (χ4v) is 4.15. The molecule has 2 aromatic carbocycles. The van der Waals surface area contributed by atoms with E-state index in [9.17, 15) is 9.59 Å². The lowest BCUT2D eigenvalue weighted by atomic mass is 10.1. The van der Waals surface area contributed by atoms with E-state index in [0.29, 0.717) is 27.1 Å². The Morgan fingerprint density at radius 2 is 1.80 bits per heavy atom. The van der Waals surface area contributed by atoms with Crippen molar-refractivity contribution in [2.45, 2.75) is 19.8 Å². The number of benzene rings is 2. The fraction of sp³-hybridized carbons (Fsp3) is 0.261. The van der Waals surface area contributed by atoms with E-state index in [1.165, 1.54) is 16.7 Å². The maximum absolute atomic E-state index is 12.9. The zero-order valence-corrected chi connectivity index (χ0v) is 18.9. The van der Waals surface area contributed by atoms with Crippen molar-refractivity contribution < 1.29 is 14.3 Å². The lowest BCUT2D eigenvalue weighted by Crippen LogP contribution is -2.27. The number of amides is 1. The predicted octanol–water partition coefficient (Wildman–Crippen LogP) is 5.12. The first-order chi connectivity index (χ1) is 14.4. The molecule has 1 heterocycles. The van der Waals surface area contributed by atoms with E-state index >= 15 is 0 Å². The molecule has 0 saturated carbocycles. The van der Waals surface area contributed by atoms with Gasteiger partial charge in [-0.2, -0.15) is 0 Å². The number of thioether (sulfide) groups is 1. The number of hydrogen-bond donors (Lipinski definition) is 0. The molecule has 0 spiro atoms. The maximum atomic E-state index is 12.9. The van der Waals surface area contributed by atoms with Crippen molar-refractivity contribution in [3.05, 3.63) is 64.6 Å². The Labute approximate surface area is 186 Å². The molecule has 1 aliphatic heterocycles. The Bertz CT molecular complexity index is 967. The third-order valence-corrected chi connectivity index (χ3v) is 5.90. The van der Waals surface area contributed by atoms with E-state index in [2.05, 4.69) is 0 Å². The molecule has 3 rings (SSSR count). The van der Waals surface area contributed by atoms with Gasteiger partial charge in [-0.3, -0.25) is 9.69 Å². The van der Waals surface area contributed by atoms with Gasteiger partial charge in [0.25, 0.3) is 5.91 Å². The largest absolute Gasteiger partial charge is 0.462 e.